The fourth-order valence-electron chi connectivity index (χ4n) is 2.81. The Morgan fingerprint density at radius 2 is 1.75 bits per heavy atom. The lowest BCUT2D eigenvalue weighted by atomic mass is 10.2. The lowest BCUT2D eigenvalue weighted by Gasteiger charge is -2.11. The van der Waals surface area contributed by atoms with Gasteiger partial charge in [0.2, 0.25) is 0 Å². The highest BCUT2D eigenvalue weighted by Crippen LogP contribution is 2.30. The summed E-state index contributed by atoms with van der Waals surface area (Å²) in [6, 6.07) is 20.7. The van der Waals surface area contributed by atoms with E-state index in [2.05, 4.69) is 5.32 Å². The number of nitrogens with zero attached hydrogens (tertiary/aromatic N) is 1. The molecular weight excluding hydrogens is 372 g/mol. The molecule has 1 fully saturated rings. The monoisotopic (exact) mass is 390 g/mol. The molecule has 3 aromatic rings. The fraction of sp³-hybridized carbons (Fsp3) is 0.0909. The van der Waals surface area contributed by atoms with Gasteiger partial charge in [-0.05, 0) is 36.8 Å². The number of urea groups is 1. The van der Waals surface area contributed by atoms with Crippen LogP contribution in [0.2, 0.25) is 0 Å². The summed E-state index contributed by atoms with van der Waals surface area (Å²) in [6.45, 7) is 2.27. The third-order valence-electron chi connectivity index (χ3n) is 4.27. The second-order valence-corrected chi connectivity index (χ2v) is 7.51. The minimum atomic E-state index is -0.430. The molecule has 1 aliphatic rings. The predicted molar refractivity (Wildman–Crippen MR) is 108 cm³/mol. The Morgan fingerprint density at radius 3 is 2.50 bits per heavy atom. The summed E-state index contributed by atoms with van der Waals surface area (Å²) in [5, 5.41) is 3.34. The quantitative estimate of drug-likeness (QED) is 0.501. The Kier molecular flexibility index (Phi) is 5.04. The first-order chi connectivity index (χ1) is 13.6. The molecule has 0 spiro atoms. The van der Waals surface area contributed by atoms with Gasteiger partial charge in [0.25, 0.3) is 5.91 Å². The predicted octanol–water partition coefficient (Wildman–Crippen LogP) is 4.83. The van der Waals surface area contributed by atoms with Gasteiger partial charge >= 0.3 is 6.03 Å². The first-order valence-electron chi connectivity index (χ1n) is 8.81. The maximum Gasteiger partial charge on any atom is 0.329 e. The van der Waals surface area contributed by atoms with Crippen molar-refractivity contribution >= 4 is 29.8 Å². The smallest absolute Gasteiger partial charge is 0.329 e. The Balaban J connectivity index is 1.47. The molecule has 1 saturated heterocycles. The van der Waals surface area contributed by atoms with E-state index in [-0.39, 0.29) is 18.1 Å². The summed E-state index contributed by atoms with van der Waals surface area (Å²) in [6.07, 6.45) is 1.56. The Morgan fingerprint density at radius 1 is 1.00 bits per heavy atom. The van der Waals surface area contributed by atoms with Crippen molar-refractivity contribution in [2.24, 2.45) is 0 Å². The van der Waals surface area contributed by atoms with Crippen LogP contribution in [-0.4, -0.2) is 16.8 Å². The number of imide groups is 1. The van der Waals surface area contributed by atoms with Gasteiger partial charge in [0.1, 0.15) is 11.5 Å². The normalized spacial score (nSPS) is 15.3. The van der Waals surface area contributed by atoms with Crippen LogP contribution in [-0.2, 0) is 11.3 Å². The van der Waals surface area contributed by atoms with Crippen LogP contribution in [0.1, 0.15) is 16.9 Å². The van der Waals surface area contributed by atoms with Gasteiger partial charge in [-0.2, -0.15) is 0 Å². The average molecular weight is 390 g/mol. The summed E-state index contributed by atoms with van der Waals surface area (Å²) >= 11 is 1.50. The van der Waals surface area contributed by atoms with E-state index in [4.69, 9.17) is 4.42 Å². The van der Waals surface area contributed by atoms with Gasteiger partial charge in [-0.1, -0.05) is 59.8 Å². The first kappa shape index (κ1) is 18.1. The van der Waals surface area contributed by atoms with Crippen LogP contribution < -0.4 is 5.32 Å². The van der Waals surface area contributed by atoms with Gasteiger partial charge in [-0.3, -0.25) is 9.69 Å². The molecule has 1 aromatic heterocycles. The number of hydrogen-bond acceptors (Lipinski definition) is 4. The second kappa shape index (κ2) is 7.78. The average Bonchev–Trinajstić information content (AvgIpc) is 3.24. The summed E-state index contributed by atoms with van der Waals surface area (Å²) in [5.74, 6) is 0.151. The van der Waals surface area contributed by atoms with Gasteiger partial charge < -0.3 is 9.73 Å². The number of hydrogen-bond donors (Lipinski definition) is 1. The number of carbonyl (C=O) groups is 2. The highest BCUT2D eigenvalue weighted by molar-refractivity contribution is 7.99. The molecule has 0 atom stereocenters. The summed E-state index contributed by atoms with van der Waals surface area (Å²) < 4.78 is 5.78. The molecule has 0 bridgehead atoms. The molecule has 0 radical (unpaired) electrons. The van der Waals surface area contributed by atoms with Crippen molar-refractivity contribution < 1.29 is 14.0 Å². The number of amides is 3. The number of carbonyl (C=O) groups excluding carboxylic acids is 2. The topological polar surface area (TPSA) is 62.6 Å². The number of benzene rings is 2. The van der Waals surface area contributed by atoms with Crippen molar-refractivity contribution in [3.05, 3.63) is 89.3 Å². The van der Waals surface area contributed by atoms with Gasteiger partial charge in [-0.25, -0.2) is 4.79 Å². The SMILES string of the molecule is Cc1ccc(Sc2ccc(/C=C3\NC(=O)N(Cc4ccccc4)C3=O)o2)cc1. The number of aryl methyl sites for hydroxylation is 1. The first-order valence-corrected chi connectivity index (χ1v) is 9.63. The Bertz CT molecular complexity index is 1040. The van der Waals surface area contributed by atoms with Gasteiger partial charge in [-0.15, -0.1) is 0 Å². The van der Waals surface area contributed by atoms with E-state index in [1.807, 2.05) is 67.6 Å². The zero-order chi connectivity index (χ0) is 19.5. The van der Waals surface area contributed by atoms with Crippen molar-refractivity contribution in [3.8, 4) is 0 Å². The molecule has 0 unspecified atom stereocenters. The highest BCUT2D eigenvalue weighted by atomic mass is 32.2. The third-order valence-corrected chi connectivity index (χ3v) is 5.20. The molecule has 0 saturated carbocycles. The summed E-state index contributed by atoms with van der Waals surface area (Å²) in [4.78, 5) is 27.0. The van der Waals surface area contributed by atoms with E-state index in [1.54, 1.807) is 12.1 Å². The van der Waals surface area contributed by atoms with Crippen LogP contribution in [0.3, 0.4) is 0 Å². The standard InChI is InChI=1S/C22H18N2O3S/c1-15-7-10-18(11-8-15)28-20-12-9-17(27-20)13-19-21(25)24(22(26)23-19)14-16-5-3-2-4-6-16/h2-13H,14H2,1H3,(H,23,26)/b19-13-. The van der Waals surface area contributed by atoms with Gasteiger partial charge in [0.15, 0.2) is 5.09 Å². The van der Waals surface area contributed by atoms with Crippen LogP contribution >= 0.6 is 11.8 Å². The second-order valence-electron chi connectivity index (χ2n) is 6.44. The lowest BCUT2D eigenvalue weighted by molar-refractivity contribution is -0.123. The largest absolute Gasteiger partial charge is 0.450 e. The van der Waals surface area contributed by atoms with Gasteiger partial charge in [0, 0.05) is 11.0 Å². The zero-order valence-corrected chi connectivity index (χ0v) is 16.0. The van der Waals surface area contributed by atoms with Crippen molar-refractivity contribution in [2.75, 3.05) is 0 Å². The zero-order valence-electron chi connectivity index (χ0n) is 15.2. The molecule has 28 heavy (non-hydrogen) atoms. The van der Waals surface area contributed by atoms with E-state index in [1.165, 1.54) is 22.2 Å². The number of nitrogens with one attached hydrogen (secondary N) is 1. The molecule has 2 heterocycles. The fourth-order valence-corrected chi connectivity index (χ4v) is 3.59. The molecule has 1 aliphatic heterocycles. The minimum Gasteiger partial charge on any atom is -0.450 e. The summed E-state index contributed by atoms with van der Waals surface area (Å²) in [5.41, 5.74) is 2.30. The number of rotatable bonds is 5. The molecule has 6 heteroatoms. The van der Waals surface area contributed by atoms with E-state index in [0.717, 1.165) is 10.5 Å². The van der Waals surface area contributed by atoms with E-state index >= 15 is 0 Å². The van der Waals surface area contributed by atoms with Crippen molar-refractivity contribution in [2.45, 2.75) is 23.5 Å². The lowest BCUT2D eigenvalue weighted by Crippen LogP contribution is -2.30. The Labute approximate surface area is 167 Å². The highest BCUT2D eigenvalue weighted by Gasteiger charge is 2.33. The van der Waals surface area contributed by atoms with Crippen molar-refractivity contribution in [3.63, 3.8) is 0 Å². The molecular formula is C22H18N2O3S. The summed E-state index contributed by atoms with van der Waals surface area (Å²) in [7, 11) is 0. The van der Waals surface area contributed by atoms with Gasteiger partial charge in [0.05, 0.1) is 6.54 Å². The van der Waals surface area contributed by atoms with Crippen LogP contribution in [0.5, 0.6) is 0 Å². The molecule has 4 rings (SSSR count). The van der Waals surface area contributed by atoms with Crippen LogP contribution in [0.25, 0.3) is 6.08 Å². The maximum absolute atomic E-state index is 12.6. The van der Waals surface area contributed by atoms with Crippen molar-refractivity contribution in [1.29, 1.82) is 0 Å². The van der Waals surface area contributed by atoms with Crippen LogP contribution in [0.15, 0.2) is 86.8 Å². The molecule has 5 nitrogen and oxygen atoms in total. The molecule has 140 valence electrons. The molecule has 1 N–H and O–H groups in total. The molecule has 0 aliphatic carbocycles. The maximum atomic E-state index is 12.6. The van der Waals surface area contributed by atoms with Crippen LogP contribution in [0, 0.1) is 6.92 Å². The van der Waals surface area contributed by atoms with E-state index in [0.29, 0.717) is 10.9 Å². The minimum absolute atomic E-state index is 0.210. The van der Waals surface area contributed by atoms with Crippen molar-refractivity contribution in [1.82, 2.24) is 10.2 Å². The molecule has 3 amide bonds. The van der Waals surface area contributed by atoms with E-state index in [9.17, 15) is 9.59 Å². The Hall–Kier alpha value is -3.25. The van der Waals surface area contributed by atoms with E-state index < -0.39 is 6.03 Å². The molecule has 2 aromatic carbocycles. The third kappa shape index (κ3) is 4.02. The number of furan rings is 1. The van der Waals surface area contributed by atoms with Crippen LogP contribution in [0.4, 0.5) is 4.79 Å².